The molecule has 0 saturated heterocycles. The molecule has 0 atom stereocenters. The Balaban J connectivity index is 1.59. The molecule has 6 heteroatoms. The number of rotatable bonds is 4. The molecule has 0 aliphatic carbocycles. The van der Waals surface area contributed by atoms with E-state index in [1.54, 1.807) is 19.2 Å². The standard InChI is InChI=1S/C21H20ClN3O2/c1-27-17-4-2-3-14(11-17)12-25-10-9-18-19(13-25)23-20(24-21(18)26)15-5-7-16(22)8-6-15/h2-8,11H,9-10,12-13H2,1H3,(H,23,24,26). The number of hydrogen-bond acceptors (Lipinski definition) is 4. The van der Waals surface area contributed by atoms with E-state index >= 15 is 0 Å². The summed E-state index contributed by atoms with van der Waals surface area (Å²) in [4.78, 5) is 22.5. The summed E-state index contributed by atoms with van der Waals surface area (Å²) in [5.74, 6) is 1.43. The van der Waals surface area contributed by atoms with Gasteiger partial charge in [0.15, 0.2) is 0 Å². The van der Waals surface area contributed by atoms with Crippen molar-refractivity contribution in [1.29, 1.82) is 0 Å². The minimum absolute atomic E-state index is 0.0500. The van der Waals surface area contributed by atoms with E-state index in [4.69, 9.17) is 21.3 Å². The zero-order chi connectivity index (χ0) is 18.8. The largest absolute Gasteiger partial charge is 0.497 e. The summed E-state index contributed by atoms with van der Waals surface area (Å²) >= 11 is 5.96. The minimum Gasteiger partial charge on any atom is -0.497 e. The SMILES string of the molecule is COc1cccc(CN2CCc3c(nc(-c4ccc(Cl)cc4)[nH]c3=O)C2)c1. The fraction of sp³-hybridized carbons (Fsp3) is 0.238. The molecule has 2 heterocycles. The molecule has 0 saturated carbocycles. The molecule has 3 aromatic rings. The summed E-state index contributed by atoms with van der Waals surface area (Å²) in [7, 11) is 1.67. The van der Waals surface area contributed by atoms with Crippen LogP contribution in [0.15, 0.2) is 53.3 Å². The molecular formula is C21H20ClN3O2. The van der Waals surface area contributed by atoms with Crippen LogP contribution in [0.3, 0.4) is 0 Å². The van der Waals surface area contributed by atoms with Gasteiger partial charge >= 0.3 is 0 Å². The average Bonchev–Trinajstić information content (AvgIpc) is 2.68. The van der Waals surface area contributed by atoms with Gasteiger partial charge in [0, 0.05) is 35.8 Å². The smallest absolute Gasteiger partial charge is 0.254 e. The Bertz CT molecular complexity index is 1010. The number of ether oxygens (including phenoxy) is 1. The Hall–Kier alpha value is -2.63. The third-order valence-electron chi connectivity index (χ3n) is 4.81. The zero-order valence-electron chi connectivity index (χ0n) is 15.0. The predicted octanol–water partition coefficient (Wildman–Crippen LogP) is 3.66. The van der Waals surface area contributed by atoms with E-state index in [0.29, 0.717) is 23.8 Å². The van der Waals surface area contributed by atoms with Crippen LogP contribution >= 0.6 is 11.6 Å². The Labute approximate surface area is 162 Å². The molecule has 0 unspecified atom stereocenters. The number of nitrogens with zero attached hydrogens (tertiary/aromatic N) is 2. The Kier molecular flexibility index (Phi) is 4.97. The molecule has 1 aromatic heterocycles. The summed E-state index contributed by atoms with van der Waals surface area (Å²) in [6, 6.07) is 15.4. The van der Waals surface area contributed by atoms with E-state index in [0.717, 1.165) is 35.7 Å². The molecule has 4 rings (SSSR count). The van der Waals surface area contributed by atoms with E-state index in [9.17, 15) is 4.79 Å². The molecule has 27 heavy (non-hydrogen) atoms. The topological polar surface area (TPSA) is 58.2 Å². The van der Waals surface area contributed by atoms with Crippen molar-refractivity contribution >= 4 is 11.6 Å². The number of benzene rings is 2. The summed E-state index contributed by atoms with van der Waals surface area (Å²) in [6.45, 7) is 2.27. The van der Waals surface area contributed by atoms with Crippen LogP contribution in [0, 0.1) is 0 Å². The van der Waals surface area contributed by atoms with Crippen molar-refractivity contribution in [3.8, 4) is 17.1 Å². The highest BCUT2D eigenvalue weighted by molar-refractivity contribution is 6.30. The summed E-state index contributed by atoms with van der Waals surface area (Å²) in [6.07, 6.45) is 0.697. The molecule has 2 aromatic carbocycles. The first-order valence-corrected chi connectivity index (χ1v) is 9.23. The molecule has 138 valence electrons. The lowest BCUT2D eigenvalue weighted by Gasteiger charge is -2.27. The van der Waals surface area contributed by atoms with Crippen LogP contribution in [-0.4, -0.2) is 28.5 Å². The normalized spacial score (nSPS) is 14.0. The lowest BCUT2D eigenvalue weighted by molar-refractivity contribution is 0.240. The van der Waals surface area contributed by atoms with E-state index in [1.807, 2.05) is 30.3 Å². The lowest BCUT2D eigenvalue weighted by Crippen LogP contribution is -2.35. The van der Waals surface area contributed by atoms with Crippen molar-refractivity contribution in [2.24, 2.45) is 0 Å². The maximum Gasteiger partial charge on any atom is 0.254 e. The molecule has 0 bridgehead atoms. The van der Waals surface area contributed by atoms with Gasteiger partial charge in [-0.15, -0.1) is 0 Å². The van der Waals surface area contributed by atoms with Gasteiger partial charge in [-0.2, -0.15) is 0 Å². The first kappa shape index (κ1) is 17.8. The monoisotopic (exact) mass is 381 g/mol. The Morgan fingerprint density at radius 1 is 1.22 bits per heavy atom. The van der Waals surface area contributed by atoms with Crippen LogP contribution < -0.4 is 10.3 Å². The number of fused-ring (bicyclic) bond motifs is 1. The van der Waals surface area contributed by atoms with Crippen molar-refractivity contribution in [3.05, 3.63) is 80.7 Å². The maximum absolute atomic E-state index is 12.5. The van der Waals surface area contributed by atoms with Gasteiger partial charge in [-0.05, 0) is 48.4 Å². The highest BCUT2D eigenvalue weighted by atomic mass is 35.5. The molecule has 0 spiro atoms. The van der Waals surface area contributed by atoms with Gasteiger partial charge < -0.3 is 9.72 Å². The van der Waals surface area contributed by atoms with Gasteiger partial charge in [-0.25, -0.2) is 4.98 Å². The highest BCUT2D eigenvalue weighted by Crippen LogP contribution is 2.22. The minimum atomic E-state index is -0.0500. The molecule has 1 N–H and O–H groups in total. The number of H-pyrrole nitrogens is 1. The number of hydrogen-bond donors (Lipinski definition) is 1. The zero-order valence-corrected chi connectivity index (χ0v) is 15.8. The second kappa shape index (κ2) is 7.55. The summed E-state index contributed by atoms with van der Waals surface area (Å²) in [5, 5.41) is 0.656. The predicted molar refractivity (Wildman–Crippen MR) is 106 cm³/mol. The van der Waals surface area contributed by atoms with Crippen LogP contribution in [0.2, 0.25) is 5.02 Å². The second-order valence-corrected chi connectivity index (χ2v) is 7.10. The summed E-state index contributed by atoms with van der Waals surface area (Å²) < 4.78 is 5.30. The molecule has 0 amide bonds. The molecule has 0 fully saturated rings. The van der Waals surface area contributed by atoms with Crippen LogP contribution in [0.1, 0.15) is 16.8 Å². The Morgan fingerprint density at radius 3 is 2.81 bits per heavy atom. The fourth-order valence-corrected chi connectivity index (χ4v) is 3.53. The first-order valence-electron chi connectivity index (χ1n) is 8.85. The summed E-state index contributed by atoms with van der Waals surface area (Å²) in [5.41, 5.74) is 3.61. The van der Waals surface area contributed by atoms with Crippen molar-refractivity contribution in [2.45, 2.75) is 19.5 Å². The lowest BCUT2D eigenvalue weighted by atomic mass is 10.0. The van der Waals surface area contributed by atoms with Crippen LogP contribution in [-0.2, 0) is 19.5 Å². The van der Waals surface area contributed by atoms with E-state index in [-0.39, 0.29) is 5.56 Å². The van der Waals surface area contributed by atoms with Gasteiger partial charge in [0.25, 0.3) is 5.56 Å². The number of nitrogens with one attached hydrogen (secondary N) is 1. The third kappa shape index (κ3) is 3.89. The van der Waals surface area contributed by atoms with Gasteiger partial charge in [0.05, 0.1) is 12.8 Å². The van der Waals surface area contributed by atoms with Crippen molar-refractivity contribution in [3.63, 3.8) is 0 Å². The second-order valence-electron chi connectivity index (χ2n) is 6.66. The fourth-order valence-electron chi connectivity index (χ4n) is 3.40. The number of halogens is 1. The van der Waals surface area contributed by atoms with E-state index in [2.05, 4.69) is 16.0 Å². The average molecular weight is 382 g/mol. The highest BCUT2D eigenvalue weighted by Gasteiger charge is 2.21. The third-order valence-corrected chi connectivity index (χ3v) is 5.06. The molecule has 1 aliphatic heterocycles. The van der Waals surface area contributed by atoms with Gasteiger partial charge in [0.2, 0.25) is 0 Å². The van der Waals surface area contributed by atoms with Gasteiger partial charge in [-0.3, -0.25) is 9.69 Å². The Morgan fingerprint density at radius 2 is 2.04 bits per heavy atom. The number of aromatic amines is 1. The van der Waals surface area contributed by atoms with Gasteiger partial charge in [-0.1, -0.05) is 23.7 Å². The number of aromatic nitrogens is 2. The number of methoxy groups -OCH3 is 1. The molecular weight excluding hydrogens is 362 g/mol. The van der Waals surface area contributed by atoms with Crippen LogP contribution in [0.5, 0.6) is 5.75 Å². The van der Waals surface area contributed by atoms with Crippen molar-refractivity contribution < 1.29 is 4.74 Å². The molecule has 1 aliphatic rings. The van der Waals surface area contributed by atoms with Crippen molar-refractivity contribution in [1.82, 2.24) is 14.9 Å². The quantitative estimate of drug-likeness (QED) is 0.749. The van der Waals surface area contributed by atoms with Crippen LogP contribution in [0.4, 0.5) is 0 Å². The van der Waals surface area contributed by atoms with E-state index in [1.165, 1.54) is 5.56 Å². The van der Waals surface area contributed by atoms with Crippen LogP contribution in [0.25, 0.3) is 11.4 Å². The maximum atomic E-state index is 12.5. The molecule has 0 radical (unpaired) electrons. The molecule has 5 nitrogen and oxygen atoms in total. The first-order chi connectivity index (χ1) is 13.1. The van der Waals surface area contributed by atoms with Crippen molar-refractivity contribution in [2.75, 3.05) is 13.7 Å². The van der Waals surface area contributed by atoms with Gasteiger partial charge in [0.1, 0.15) is 11.6 Å². The van der Waals surface area contributed by atoms with E-state index < -0.39 is 0 Å².